The van der Waals surface area contributed by atoms with Gasteiger partial charge in [-0.2, -0.15) is 0 Å². The van der Waals surface area contributed by atoms with Gasteiger partial charge in [-0.15, -0.1) is 0 Å². The minimum Gasteiger partial charge on any atom is -0.393 e. The zero-order chi connectivity index (χ0) is 12.8. The summed E-state index contributed by atoms with van der Waals surface area (Å²) in [5.74, 6) is -0.189. The first-order valence-electron chi connectivity index (χ1n) is 5.13. The molecule has 0 saturated heterocycles. The van der Waals surface area contributed by atoms with Crippen LogP contribution in [0.5, 0.6) is 0 Å². The number of hydrogen-bond donors (Lipinski definition) is 2. The zero-order valence-corrected chi connectivity index (χ0v) is 11.5. The largest absolute Gasteiger partial charge is 0.393 e. The maximum Gasteiger partial charge on any atom is 0.213 e. The second-order valence-electron chi connectivity index (χ2n) is 3.89. The van der Waals surface area contributed by atoms with Gasteiger partial charge in [0.1, 0.15) is 0 Å². The van der Waals surface area contributed by atoms with Crippen molar-refractivity contribution in [2.75, 3.05) is 18.9 Å². The van der Waals surface area contributed by atoms with Crippen LogP contribution in [0.2, 0.25) is 0 Å². The highest BCUT2D eigenvalue weighted by Gasteiger charge is 2.13. The molecule has 0 aromatic heterocycles. The van der Waals surface area contributed by atoms with Gasteiger partial charge in [0.15, 0.2) is 0 Å². The number of hydrogen-bond acceptors (Lipinski definition) is 4. The predicted octanol–water partition coefficient (Wildman–Crippen LogP) is 0.253. The Kier molecular flexibility index (Phi) is 7.05. The van der Waals surface area contributed by atoms with E-state index in [9.17, 15) is 8.42 Å². The normalized spacial score (nSPS) is 14.0. The van der Waals surface area contributed by atoms with Gasteiger partial charge in [-0.3, -0.25) is 0 Å². The van der Waals surface area contributed by atoms with Gasteiger partial charge in [-0.05, 0) is 13.8 Å². The molecule has 0 aromatic rings. The van der Waals surface area contributed by atoms with E-state index in [1.807, 2.05) is 13.8 Å². The first-order chi connectivity index (χ1) is 7.24. The Morgan fingerprint density at radius 3 is 2.44 bits per heavy atom. The van der Waals surface area contributed by atoms with Crippen LogP contribution in [-0.4, -0.2) is 38.4 Å². The van der Waals surface area contributed by atoms with Gasteiger partial charge >= 0.3 is 0 Å². The quantitative estimate of drug-likeness (QED) is 0.617. The average molecular weight is 268 g/mol. The molecule has 16 heavy (non-hydrogen) atoms. The van der Waals surface area contributed by atoms with Crippen molar-refractivity contribution in [2.45, 2.75) is 26.9 Å². The summed E-state index contributed by atoms with van der Waals surface area (Å²) in [5.41, 5.74) is 5.38. The topological polar surface area (TPSA) is 81.4 Å². The van der Waals surface area contributed by atoms with E-state index in [-0.39, 0.29) is 30.9 Å². The molecule has 0 aliphatic carbocycles. The molecule has 0 heterocycles. The van der Waals surface area contributed by atoms with E-state index < -0.39 is 10.0 Å². The number of sulfonamides is 1. The Bertz CT molecular complexity index is 315. The van der Waals surface area contributed by atoms with Gasteiger partial charge in [0.05, 0.1) is 23.5 Å². The first-order valence-corrected chi connectivity index (χ1v) is 7.19. The highest BCUT2D eigenvalue weighted by molar-refractivity contribution is 7.89. The number of nitrogens with one attached hydrogen (secondary N) is 1. The monoisotopic (exact) mass is 268 g/mol. The molecule has 0 aromatic carbocycles. The maximum atomic E-state index is 11.5. The molecular formula is C9H20N2O3S2. The summed E-state index contributed by atoms with van der Waals surface area (Å²) < 4.78 is 30.5. The van der Waals surface area contributed by atoms with Crippen LogP contribution >= 0.6 is 12.2 Å². The van der Waals surface area contributed by atoms with Crippen LogP contribution < -0.4 is 10.5 Å². The zero-order valence-electron chi connectivity index (χ0n) is 9.89. The third-order valence-corrected chi connectivity index (χ3v) is 3.61. The molecule has 7 heteroatoms. The number of nitrogens with two attached hydrogens (primary N) is 1. The summed E-state index contributed by atoms with van der Waals surface area (Å²) in [6.45, 7) is 5.91. The first kappa shape index (κ1) is 15.8. The summed E-state index contributed by atoms with van der Waals surface area (Å²) >= 11 is 4.75. The van der Waals surface area contributed by atoms with Crippen LogP contribution in [0.4, 0.5) is 0 Å². The van der Waals surface area contributed by atoms with Gasteiger partial charge in [0, 0.05) is 12.5 Å². The van der Waals surface area contributed by atoms with E-state index in [0.29, 0.717) is 4.99 Å². The molecule has 0 spiro atoms. The molecule has 0 aliphatic heterocycles. The molecular weight excluding hydrogens is 248 g/mol. The summed E-state index contributed by atoms with van der Waals surface area (Å²) in [6, 6.07) is 0. The third kappa shape index (κ3) is 7.98. The highest BCUT2D eigenvalue weighted by atomic mass is 32.2. The lowest BCUT2D eigenvalue weighted by Crippen LogP contribution is -2.36. The molecule has 0 fully saturated rings. The summed E-state index contributed by atoms with van der Waals surface area (Å²) in [4.78, 5) is 0.307. The van der Waals surface area contributed by atoms with Crippen LogP contribution in [0.3, 0.4) is 0 Å². The van der Waals surface area contributed by atoms with E-state index in [1.54, 1.807) is 6.92 Å². The van der Waals surface area contributed by atoms with Crippen molar-refractivity contribution in [1.82, 2.24) is 4.72 Å². The fourth-order valence-corrected chi connectivity index (χ4v) is 1.87. The summed E-state index contributed by atoms with van der Waals surface area (Å²) in [7, 11) is -3.30. The molecule has 0 amide bonds. The van der Waals surface area contributed by atoms with E-state index in [1.165, 1.54) is 0 Å². The fourth-order valence-electron chi connectivity index (χ4n) is 0.818. The van der Waals surface area contributed by atoms with Crippen LogP contribution in [-0.2, 0) is 14.8 Å². The maximum absolute atomic E-state index is 11.5. The van der Waals surface area contributed by atoms with Crippen molar-refractivity contribution in [1.29, 1.82) is 0 Å². The average Bonchev–Trinajstić information content (AvgIpc) is 2.13. The van der Waals surface area contributed by atoms with Crippen LogP contribution in [0, 0.1) is 5.92 Å². The van der Waals surface area contributed by atoms with Gasteiger partial charge in [0.25, 0.3) is 0 Å². The molecule has 5 nitrogen and oxygen atoms in total. The Labute approximate surface area is 103 Å². The Balaban J connectivity index is 3.92. The predicted molar refractivity (Wildman–Crippen MR) is 68.8 cm³/mol. The molecule has 0 rings (SSSR count). The minimum absolute atomic E-state index is 0.0331. The van der Waals surface area contributed by atoms with Crippen LogP contribution in [0.1, 0.15) is 20.8 Å². The van der Waals surface area contributed by atoms with Crippen LogP contribution in [0.15, 0.2) is 0 Å². The SMILES string of the molecule is CC(C)OCCS(=O)(=O)NCC(C)C(N)=S. The van der Waals surface area contributed by atoms with Crippen molar-refractivity contribution in [3.8, 4) is 0 Å². The van der Waals surface area contributed by atoms with E-state index >= 15 is 0 Å². The number of thiocarbonyl (C=S) groups is 1. The number of ether oxygens (including phenoxy) is 1. The molecule has 3 N–H and O–H groups in total. The molecule has 0 aliphatic rings. The summed E-state index contributed by atoms with van der Waals surface area (Å²) in [6.07, 6.45) is 0.0331. The van der Waals surface area contributed by atoms with E-state index in [2.05, 4.69) is 4.72 Å². The molecule has 0 saturated carbocycles. The van der Waals surface area contributed by atoms with Crippen molar-refractivity contribution in [2.24, 2.45) is 11.7 Å². The van der Waals surface area contributed by atoms with Gasteiger partial charge in [0.2, 0.25) is 10.0 Å². The Hall–Kier alpha value is -0.240. The standard InChI is InChI=1S/C9H20N2O3S2/c1-7(2)14-4-5-16(12,13)11-6-8(3)9(10)15/h7-8,11H,4-6H2,1-3H3,(H2,10,15). The van der Waals surface area contributed by atoms with Crippen molar-refractivity contribution in [3.63, 3.8) is 0 Å². The van der Waals surface area contributed by atoms with E-state index in [4.69, 9.17) is 22.7 Å². The second kappa shape index (κ2) is 7.16. The lowest BCUT2D eigenvalue weighted by Gasteiger charge is -2.12. The fraction of sp³-hybridized carbons (Fsp3) is 0.889. The minimum atomic E-state index is -3.30. The lowest BCUT2D eigenvalue weighted by atomic mass is 10.2. The lowest BCUT2D eigenvalue weighted by molar-refractivity contribution is 0.0911. The number of rotatable bonds is 8. The van der Waals surface area contributed by atoms with Gasteiger partial charge in [-0.25, -0.2) is 13.1 Å². The smallest absolute Gasteiger partial charge is 0.213 e. The molecule has 0 radical (unpaired) electrons. The molecule has 0 bridgehead atoms. The second-order valence-corrected chi connectivity index (χ2v) is 6.29. The van der Waals surface area contributed by atoms with Gasteiger partial charge < -0.3 is 10.5 Å². The Morgan fingerprint density at radius 2 is 2.00 bits per heavy atom. The molecule has 1 atom stereocenters. The highest BCUT2D eigenvalue weighted by Crippen LogP contribution is 1.95. The van der Waals surface area contributed by atoms with Crippen molar-refractivity contribution >= 4 is 27.2 Å². The summed E-state index contributed by atoms with van der Waals surface area (Å²) in [5, 5.41) is 0. The molecule has 1 unspecified atom stereocenters. The van der Waals surface area contributed by atoms with Crippen LogP contribution in [0.25, 0.3) is 0 Å². The van der Waals surface area contributed by atoms with Crippen molar-refractivity contribution < 1.29 is 13.2 Å². The third-order valence-electron chi connectivity index (χ3n) is 1.90. The van der Waals surface area contributed by atoms with Gasteiger partial charge in [-0.1, -0.05) is 19.1 Å². The van der Waals surface area contributed by atoms with Crippen molar-refractivity contribution in [3.05, 3.63) is 0 Å². The van der Waals surface area contributed by atoms with E-state index in [0.717, 1.165) is 0 Å². The molecule has 96 valence electrons. The Morgan fingerprint density at radius 1 is 1.44 bits per heavy atom.